The van der Waals surface area contributed by atoms with Gasteiger partial charge >= 0.3 is 18.1 Å². The van der Waals surface area contributed by atoms with Crippen molar-refractivity contribution in [3.05, 3.63) is 78.4 Å². The number of anilines is 2. The molecule has 1 N–H and O–H groups in total. The standard InChI is InChI=1S/C30H22F3N7O4/c31-30(32,33)29(42)44-26(41)18-35-25-10-6-20(17-34-25)27-23(9-8-21-7-5-19-3-1-2-4-22(19)37-21)38-28-24(11-12-36-40(27)28)39-13-15-43-16-14-39/h1-7,10-12,17H,13-16,18H2,(H,34,35). The predicted octanol–water partition coefficient (Wildman–Crippen LogP) is 3.62. The maximum atomic E-state index is 12.3. The van der Waals surface area contributed by atoms with Crippen LogP contribution >= 0.6 is 0 Å². The predicted molar refractivity (Wildman–Crippen MR) is 153 cm³/mol. The van der Waals surface area contributed by atoms with Gasteiger partial charge in [0.2, 0.25) is 0 Å². The van der Waals surface area contributed by atoms with Gasteiger partial charge in [-0.2, -0.15) is 18.3 Å². The van der Waals surface area contributed by atoms with Crippen LogP contribution in [0.25, 0.3) is 27.8 Å². The number of nitrogens with zero attached hydrogens (tertiary/aromatic N) is 6. The minimum absolute atomic E-state index is 0.161. The van der Waals surface area contributed by atoms with Crippen LogP contribution < -0.4 is 10.2 Å². The molecule has 14 heteroatoms. The van der Waals surface area contributed by atoms with E-state index in [9.17, 15) is 22.8 Å². The van der Waals surface area contributed by atoms with Gasteiger partial charge in [0.25, 0.3) is 0 Å². The van der Waals surface area contributed by atoms with E-state index in [1.165, 1.54) is 12.3 Å². The fraction of sp³-hybridized carbons (Fsp3) is 0.200. The third kappa shape index (κ3) is 6.13. The van der Waals surface area contributed by atoms with Gasteiger partial charge in [-0.05, 0) is 42.2 Å². The van der Waals surface area contributed by atoms with Crippen molar-refractivity contribution in [3.8, 4) is 23.1 Å². The second-order valence-electron chi connectivity index (χ2n) is 9.54. The number of benzene rings is 1. The average molecular weight is 602 g/mol. The number of para-hydroxylation sites is 1. The van der Waals surface area contributed by atoms with Gasteiger partial charge in [0, 0.05) is 30.2 Å². The van der Waals surface area contributed by atoms with E-state index in [4.69, 9.17) is 9.72 Å². The van der Waals surface area contributed by atoms with E-state index in [0.29, 0.717) is 54.6 Å². The molecule has 1 aliphatic heterocycles. The van der Waals surface area contributed by atoms with Crippen molar-refractivity contribution in [2.45, 2.75) is 6.18 Å². The first-order valence-corrected chi connectivity index (χ1v) is 13.4. The Kier molecular flexibility index (Phi) is 7.78. The third-order valence-corrected chi connectivity index (χ3v) is 6.65. The highest BCUT2D eigenvalue weighted by Crippen LogP contribution is 2.29. The molecule has 4 aromatic heterocycles. The number of aromatic nitrogens is 5. The molecule has 222 valence electrons. The van der Waals surface area contributed by atoms with Crippen molar-refractivity contribution < 1.29 is 32.2 Å². The first-order valence-electron chi connectivity index (χ1n) is 13.4. The number of carbonyl (C=O) groups is 2. The zero-order chi connectivity index (χ0) is 30.7. The van der Waals surface area contributed by atoms with Crippen LogP contribution in [0.2, 0.25) is 0 Å². The van der Waals surface area contributed by atoms with Crippen LogP contribution in [0.15, 0.2) is 67.0 Å². The Morgan fingerprint density at radius 3 is 2.59 bits per heavy atom. The number of alkyl halides is 3. The molecule has 0 atom stereocenters. The fourth-order valence-electron chi connectivity index (χ4n) is 4.59. The first kappa shape index (κ1) is 28.6. The largest absolute Gasteiger partial charge is 0.491 e. The van der Waals surface area contributed by atoms with E-state index in [0.717, 1.165) is 16.6 Å². The van der Waals surface area contributed by atoms with E-state index in [2.05, 4.69) is 41.9 Å². The van der Waals surface area contributed by atoms with Crippen LogP contribution in [0.1, 0.15) is 11.4 Å². The Bertz CT molecular complexity index is 1930. The van der Waals surface area contributed by atoms with Crippen LogP contribution in [-0.4, -0.2) is 75.5 Å². The third-order valence-electron chi connectivity index (χ3n) is 6.65. The molecule has 1 aromatic carbocycles. The Balaban J connectivity index is 1.33. The van der Waals surface area contributed by atoms with E-state index < -0.39 is 24.7 Å². The van der Waals surface area contributed by atoms with E-state index in [1.54, 1.807) is 16.8 Å². The van der Waals surface area contributed by atoms with Crippen molar-refractivity contribution in [2.75, 3.05) is 43.1 Å². The molecule has 0 unspecified atom stereocenters. The average Bonchev–Trinajstić information content (AvgIpc) is 3.41. The molecule has 6 rings (SSSR count). The summed E-state index contributed by atoms with van der Waals surface area (Å²) in [4.78, 5) is 38.4. The topological polar surface area (TPSA) is 124 Å². The normalized spacial score (nSPS) is 13.4. The molecule has 0 spiro atoms. The van der Waals surface area contributed by atoms with Crippen molar-refractivity contribution >= 4 is 40.0 Å². The van der Waals surface area contributed by atoms with E-state index in [1.807, 2.05) is 42.5 Å². The molecule has 0 aliphatic carbocycles. The maximum absolute atomic E-state index is 12.3. The molecule has 0 saturated carbocycles. The molecule has 1 aliphatic rings. The lowest BCUT2D eigenvalue weighted by Gasteiger charge is -2.28. The minimum Gasteiger partial charge on any atom is -0.385 e. The molecule has 5 heterocycles. The SMILES string of the molecule is O=C(CNc1ccc(-c2c(C#Cc3ccc4ccccc4n3)nc3c(N4CCOCC4)ccnn23)cn1)OC(=O)C(F)(F)F. The van der Waals surface area contributed by atoms with Crippen LogP contribution in [0.5, 0.6) is 0 Å². The number of esters is 2. The Hall–Kier alpha value is -5.55. The second-order valence-corrected chi connectivity index (χ2v) is 9.54. The van der Waals surface area contributed by atoms with Crippen molar-refractivity contribution in [1.82, 2.24) is 24.6 Å². The monoisotopic (exact) mass is 601 g/mol. The molecule has 1 fully saturated rings. The van der Waals surface area contributed by atoms with Gasteiger partial charge in [-0.3, -0.25) is 0 Å². The summed E-state index contributed by atoms with van der Waals surface area (Å²) in [5, 5.41) is 8.08. The Labute approximate surface area is 247 Å². The number of hydrogen-bond donors (Lipinski definition) is 1. The highest BCUT2D eigenvalue weighted by atomic mass is 19.4. The van der Waals surface area contributed by atoms with Gasteiger partial charge in [0.05, 0.1) is 30.6 Å². The minimum atomic E-state index is -5.27. The molecule has 0 amide bonds. The highest BCUT2D eigenvalue weighted by molar-refractivity contribution is 5.90. The lowest BCUT2D eigenvalue weighted by Crippen LogP contribution is -2.36. The number of rotatable bonds is 5. The smallest absolute Gasteiger partial charge is 0.385 e. The van der Waals surface area contributed by atoms with Crippen molar-refractivity contribution in [3.63, 3.8) is 0 Å². The zero-order valence-corrected chi connectivity index (χ0v) is 22.8. The van der Waals surface area contributed by atoms with E-state index in [-0.39, 0.29) is 5.82 Å². The number of fused-ring (bicyclic) bond motifs is 2. The van der Waals surface area contributed by atoms with Crippen LogP contribution in [0, 0.1) is 11.8 Å². The van der Waals surface area contributed by atoms with Gasteiger partial charge in [0.15, 0.2) is 5.65 Å². The van der Waals surface area contributed by atoms with Crippen LogP contribution in [-0.2, 0) is 19.1 Å². The van der Waals surface area contributed by atoms with Gasteiger partial charge in [0.1, 0.15) is 29.4 Å². The van der Waals surface area contributed by atoms with Gasteiger partial charge in [-0.15, -0.1) is 0 Å². The summed E-state index contributed by atoms with van der Waals surface area (Å²) in [6.45, 7) is 1.83. The van der Waals surface area contributed by atoms with Crippen LogP contribution in [0.3, 0.4) is 0 Å². The summed E-state index contributed by atoms with van der Waals surface area (Å²) < 4.78 is 48.0. The second kappa shape index (κ2) is 12.0. The maximum Gasteiger partial charge on any atom is 0.491 e. The molecule has 11 nitrogen and oxygen atoms in total. The highest BCUT2D eigenvalue weighted by Gasteiger charge is 2.42. The quantitative estimate of drug-likeness (QED) is 0.182. The molecule has 0 radical (unpaired) electrons. The molecule has 1 saturated heterocycles. The Morgan fingerprint density at radius 1 is 1.00 bits per heavy atom. The number of carbonyl (C=O) groups excluding carboxylic acids is 2. The van der Waals surface area contributed by atoms with Crippen molar-refractivity contribution in [2.24, 2.45) is 0 Å². The Morgan fingerprint density at radius 2 is 1.82 bits per heavy atom. The fourth-order valence-corrected chi connectivity index (χ4v) is 4.59. The van der Waals surface area contributed by atoms with Crippen LogP contribution in [0.4, 0.5) is 24.7 Å². The molecule has 44 heavy (non-hydrogen) atoms. The summed E-state index contributed by atoms with van der Waals surface area (Å²) in [7, 11) is 0. The van der Waals surface area contributed by atoms with E-state index >= 15 is 0 Å². The zero-order valence-electron chi connectivity index (χ0n) is 22.8. The number of nitrogens with one attached hydrogen (secondary N) is 1. The lowest BCUT2D eigenvalue weighted by atomic mass is 10.1. The first-order chi connectivity index (χ1) is 21.3. The summed E-state index contributed by atoms with van der Waals surface area (Å²) in [6, 6.07) is 16.6. The van der Waals surface area contributed by atoms with Gasteiger partial charge in [-0.1, -0.05) is 24.3 Å². The number of hydrogen-bond acceptors (Lipinski definition) is 10. The number of halogens is 3. The van der Waals surface area contributed by atoms with Gasteiger partial charge in [-0.25, -0.2) is 29.1 Å². The van der Waals surface area contributed by atoms with Crippen molar-refractivity contribution in [1.29, 1.82) is 0 Å². The molecular formula is C30H22F3N7O4. The number of imidazole rings is 1. The molecular weight excluding hydrogens is 579 g/mol. The summed E-state index contributed by atoms with van der Waals surface area (Å²) in [6.07, 6.45) is -2.12. The lowest BCUT2D eigenvalue weighted by molar-refractivity contribution is -0.201. The van der Waals surface area contributed by atoms with Gasteiger partial charge < -0.3 is 19.7 Å². The number of pyridine rings is 2. The number of ether oxygens (including phenoxy) is 2. The summed E-state index contributed by atoms with van der Waals surface area (Å²) in [5.41, 5.74) is 4.37. The molecule has 0 bridgehead atoms. The summed E-state index contributed by atoms with van der Waals surface area (Å²) >= 11 is 0. The number of morpholine rings is 1. The summed E-state index contributed by atoms with van der Waals surface area (Å²) in [5.74, 6) is 2.42. The molecule has 5 aromatic rings.